The lowest BCUT2D eigenvalue weighted by atomic mass is 10.1. The summed E-state index contributed by atoms with van der Waals surface area (Å²) in [6.45, 7) is 2.36. The number of rotatable bonds is 4. The largest absolute Gasteiger partial charge is 0.508 e. The number of ether oxygens (including phenoxy) is 1. The first-order valence-electron chi connectivity index (χ1n) is 10.3. The lowest BCUT2D eigenvalue weighted by molar-refractivity contribution is 0.0303. The molecule has 5 rings (SSSR count). The zero-order valence-corrected chi connectivity index (χ0v) is 18.4. The molecule has 3 heterocycles. The number of hydrogen-bond donors (Lipinski definition) is 1. The van der Waals surface area contributed by atoms with E-state index >= 15 is 0 Å². The highest BCUT2D eigenvalue weighted by molar-refractivity contribution is 7.98. The summed E-state index contributed by atoms with van der Waals surface area (Å²) >= 11 is 1.65. The van der Waals surface area contributed by atoms with Crippen LogP contribution in [0.15, 0.2) is 66.0 Å². The van der Waals surface area contributed by atoms with Gasteiger partial charge in [-0.25, -0.2) is 9.97 Å². The van der Waals surface area contributed by atoms with Gasteiger partial charge in [-0.1, -0.05) is 18.2 Å². The fourth-order valence-corrected chi connectivity index (χ4v) is 4.46. The average Bonchev–Trinajstić information content (AvgIpc) is 3.23. The molecule has 1 aliphatic heterocycles. The summed E-state index contributed by atoms with van der Waals surface area (Å²) in [6.07, 6.45) is 7.57. The molecule has 0 unspecified atom stereocenters. The Labute approximate surface area is 189 Å². The second kappa shape index (κ2) is 8.64. The van der Waals surface area contributed by atoms with Crippen molar-refractivity contribution in [2.45, 2.75) is 4.90 Å². The molecule has 0 saturated carbocycles. The van der Waals surface area contributed by atoms with Gasteiger partial charge in [-0.05, 0) is 36.1 Å². The van der Waals surface area contributed by atoms with Gasteiger partial charge in [0.25, 0.3) is 5.91 Å². The van der Waals surface area contributed by atoms with E-state index in [9.17, 15) is 9.90 Å². The SMILES string of the molecule is CSc1cn(-c2ncc(-c3ccc(O)cc3)cn2)c2cc(C(=O)N3CCOCC3)ccc12. The molecular formula is C24H22N4O3S. The van der Waals surface area contributed by atoms with Crippen molar-refractivity contribution < 1.29 is 14.6 Å². The molecule has 1 saturated heterocycles. The Morgan fingerprint density at radius 2 is 1.75 bits per heavy atom. The number of phenolic OH excluding ortho intramolecular Hbond substituents is 1. The van der Waals surface area contributed by atoms with Crippen molar-refractivity contribution in [2.24, 2.45) is 0 Å². The molecule has 0 aliphatic carbocycles. The maximum absolute atomic E-state index is 13.0. The number of aromatic hydroxyl groups is 1. The quantitative estimate of drug-likeness (QED) is 0.478. The highest BCUT2D eigenvalue weighted by Crippen LogP contribution is 2.31. The van der Waals surface area contributed by atoms with E-state index in [4.69, 9.17) is 4.74 Å². The van der Waals surface area contributed by atoms with Crippen molar-refractivity contribution in [3.05, 3.63) is 66.6 Å². The summed E-state index contributed by atoms with van der Waals surface area (Å²) < 4.78 is 7.30. The molecule has 0 spiro atoms. The predicted octanol–water partition coefficient (Wildman–Crippen LogP) is 3.99. The van der Waals surface area contributed by atoms with Crippen LogP contribution >= 0.6 is 11.8 Å². The van der Waals surface area contributed by atoms with Crippen LogP contribution in [0.4, 0.5) is 0 Å². The van der Waals surface area contributed by atoms with Gasteiger partial charge in [-0.2, -0.15) is 0 Å². The number of nitrogens with zero attached hydrogens (tertiary/aromatic N) is 4. The molecule has 4 aromatic rings. The van der Waals surface area contributed by atoms with Gasteiger partial charge >= 0.3 is 0 Å². The van der Waals surface area contributed by atoms with Crippen LogP contribution in [0.25, 0.3) is 28.0 Å². The van der Waals surface area contributed by atoms with Crippen molar-refractivity contribution in [2.75, 3.05) is 32.6 Å². The minimum Gasteiger partial charge on any atom is -0.508 e. The van der Waals surface area contributed by atoms with Crippen LogP contribution in [0.5, 0.6) is 5.75 Å². The molecule has 0 bridgehead atoms. The molecule has 1 fully saturated rings. The molecule has 1 aliphatic rings. The zero-order chi connectivity index (χ0) is 22.1. The third kappa shape index (κ3) is 3.83. The molecular weight excluding hydrogens is 424 g/mol. The number of morpholine rings is 1. The fourth-order valence-electron chi connectivity index (χ4n) is 3.85. The Balaban J connectivity index is 1.52. The molecule has 0 radical (unpaired) electrons. The van der Waals surface area contributed by atoms with Crippen LogP contribution in [0.2, 0.25) is 0 Å². The second-order valence-electron chi connectivity index (χ2n) is 7.52. The van der Waals surface area contributed by atoms with Gasteiger partial charge in [0.2, 0.25) is 5.95 Å². The third-order valence-corrected chi connectivity index (χ3v) is 6.35. The van der Waals surface area contributed by atoms with Crippen LogP contribution in [0.3, 0.4) is 0 Å². The lowest BCUT2D eigenvalue weighted by Gasteiger charge is -2.26. The highest BCUT2D eigenvalue weighted by atomic mass is 32.2. The monoisotopic (exact) mass is 446 g/mol. The summed E-state index contributed by atoms with van der Waals surface area (Å²) in [7, 11) is 0. The molecule has 8 heteroatoms. The van der Waals surface area contributed by atoms with Crippen molar-refractivity contribution in [1.82, 2.24) is 19.4 Å². The molecule has 32 heavy (non-hydrogen) atoms. The summed E-state index contributed by atoms with van der Waals surface area (Å²) in [5.74, 6) is 0.767. The van der Waals surface area contributed by atoms with Crippen LogP contribution < -0.4 is 0 Å². The standard InChI is InChI=1S/C24H22N4O3S/c1-32-22-15-28(24-25-13-18(14-26-24)16-2-5-19(29)6-3-16)21-12-17(4-7-20(21)22)23(30)27-8-10-31-11-9-27/h2-7,12-15,29H,8-11H2,1H3. The van der Waals surface area contributed by atoms with Crippen molar-refractivity contribution in [3.8, 4) is 22.8 Å². The first-order chi connectivity index (χ1) is 15.6. The van der Waals surface area contributed by atoms with Gasteiger partial charge in [0, 0.05) is 53.1 Å². The van der Waals surface area contributed by atoms with Gasteiger partial charge in [0.15, 0.2) is 0 Å². The average molecular weight is 447 g/mol. The van der Waals surface area contributed by atoms with Gasteiger partial charge in [-0.3, -0.25) is 9.36 Å². The smallest absolute Gasteiger partial charge is 0.254 e. The number of phenols is 1. The van der Waals surface area contributed by atoms with E-state index in [1.165, 1.54) is 0 Å². The number of fused-ring (bicyclic) bond motifs is 1. The summed E-state index contributed by atoms with van der Waals surface area (Å²) in [5, 5.41) is 10.6. The van der Waals surface area contributed by atoms with Crippen LogP contribution in [-0.4, -0.2) is 63.0 Å². The normalized spacial score (nSPS) is 14.1. The second-order valence-corrected chi connectivity index (χ2v) is 8.37. The van der Waals surface area contributed by atoms with Crippen LogP contribution in [0, 0.1) is 0 Å². The maximum Gasteiger partial charge on any atom is 0.254 e. The number of hydrogen-bond acceptors (Lipinski definition) is 6. The molecule has 1 amide bonds. The Bertz CT molecular complexity index is 1260. The number of carbonyl (C=O) groups is 1. The van der Waals surface area contributed by atoms with E-state index in [1.54, 1.807) is 36.3 Å². The summed E-state index contributed by atoms with van der Waals surface area (Å²) in [5.41, 5.74) is 3.33. The van der Waals surface area contributed by atoms with Crippen molar-refractivity contribution in [3.63, 3.8) is 0 Å². The highest BCUT2D eigenvalue weighted by Gasteiger charge is 2.20. The molecule has 162 valence electrons. The van der Waals surface area contributed by atoms with Crippen molar-refractivity contribution >= 4 is 28.6 Å². The first-order valence-corrected chi connectivity index (χ1v) is 11.5. The van der Waals surface area contributed by atoms with Gasteiger partial charge in [0.1, 0.15) is 5.75 Å². The summed E-state index contributed by atoms with van der Waals surface area (Å²) in [6, 6.07) is 12.7. The number of benzene rings is 2. The predicted molar refractivity (Wildman–Crippen MR) is 124 cm³/mol. The minimum absolute atomic E-state index is 0.0113. The van der Waals surface area contributed by atoms with E-state index in [1.807, 2.05) is 52.3 Å². The minimum atomic E-state index is 0.0113. The van der Waals surface area contributed by atoms with E-state index < -0.39 is 0 Å². The van der Waals surface area contributed by atoms with Crippen molar-refractivity contribution in [1.29, 1.82) is 0 Å². The molecule has 1 N–H and O–H groups in total. The van der Waals surface area contributed by atoms with Crippen LogP contribution in [0.1, 0.15) is 10.4 Å². The van der Waals surface area contributed by atoms with Gasteiger partial charge < -0.3 is 14.7 Å². The van der Waals surface area contributed by atoms with E-state index in [2.05, 4.69) is 9.97 Å². The topological polar surface area (TPSA) is 80.5 Å². The maximum atomic E-state index is 13.0. The van der Waals surface area contributed by atoms with E-state index in [0.29, 0.717) is 37.8 Å². The number of amides is 1. The van der Waals surface area contributed by atoms with Gasteiger partial charge in [-0.15, -0.1) is 11.8 Å². The van der Waals surface area contributed by atoms with E-state index in [0.717, 1.165) is 26.9 Å². The Morgan fingerprint density at radius 1 is 1.03 bits per heavy atom. The van der Waals surface area contributed by atoms with Crippen LogP contribution in [-0.2, 0) is 4.74 Å². The fraction of sp³-hybridized carbons (Fsp3) is 0.208. The lowest BCUT2D eigenvalue weighted by Crippen LogP contribution is -2.40. The Hall–Kier alpha value is -3.36. The summed E-state index contributed by atoms with van der Waals surface area (Å²) in [4.78, 5) is 25.1. The van der Waals surface area contributed by atoms with E-state index in [-0.39, 0.29) is 11.7 Å². The zero-order valence-electron chi connectivity index (χ0n) is 17.6. The first kappa shape index (κ1) is 20.5. The number of thioether (sulfide) groups is 1. The number of aromatic nitrogens is 3. The third-order valence-electron chi connectivity index (χ3n) is 5.59. The number of carbonyl (C=O) groups excluding carboxylic acids is 1. The molecule has 2 aromatic carbocycles. The molecule has 2 aromatic heterocycles. The molecule has 7 nitrogen and oxygen atoms in total. The Kier molecular flexibility index (Phi) is 5.55. The Morgan fingerprint density at radius 3 is 2.44 bits per heavy atom. The van der Waals surface area contributed by atoms with Gasteiger partial charge in [0.05, 0.1) is 18.7 Å². The molecule has 0 atom stereocenters.